The second-order valence-corrected chi connectivity index (χ2v) is 5.01. The van der Waals surface area contributed by atoms with Crippen LogP contribution in [0.5, 0.6) is 0 Å². The molecule has 1 heterocycles. The fourth-order valence-electron chi connectivity index (χ4n) is 1.97. The van der Waals surface area contributed by atoms with Gasteiger partial charge >= 0.3 is 5.97 Å². The van der Waals surface area contributed by atoms with E-state index < -0.39 is 25.0 Å². The summed E-state index contributed by atoms with van der Waals surface area (Å²) in [7, 11) is 0. The zero-order valence-corrected chi connectivity index (χ0v) is 13.6. The minimum absolute atomic E-state index is 0.0150. The molecular formula is C13H27N3O8. The molecule has 0 aromatic rings. The first-order valence-electron chi connectivity index (χ1n) is 7.25. The van der Waals surface area contributed by atoms with E-state index in [9.17, 15) is 20.1 Å². The van der Waals surface area contributed by atoms with Crippen molar-refractivity contribution in [3.63, 3.8) is 0 Å². The molecule has 0 spiro atoms. The van der Waals surface area contributed by atoms with E-state index in [2.05, 4.69) is 6.58 Å². The minimum Gasteiger partial charge on any atom is -0.478 e. The molecule has 11 heteroatoms. The number of nitrogens with zero attached hydrogens (tertiary/aromatic N) is 3. The van der Waals surface area contributed by atoms with Crippen LogP contribution in [0.4, 0.5) is 0 Å². The maximum absolute atomic E-state index is 9.94. The summed E-state index contributed by atoms with van der Waals surface area (Å²) in [5, 5.41) is 64.4. The Hall–Kier alpha value is -1.15. The molecule has 1 fully saturated rings. The molecule has 1 saturated heterocycles. The number of aliphatic hydroxyl groups excluding tert-OH is 6. The lowest BCUT2D eigenvalue weighted by Crippen LogP contribution is -2.71. The molecular weight excluding hydrogens is 326 g/mol. The number of aliphatic hydroxyl groups is 6. The minimum atomic E-state index is -1.33. The highest BCUT2D eigenvalue weighted by molar-refractivity contribution is 5.84. The molecule has 0 radical (unpaired) electrons. The first kappa shape index (κ1) is 22.9. The number of carbonyl (C=O) groups is 1. The molecule has 1 aliphatic heterocycles. The Morgan fingerprint density at radius 2 is 1.04 bits per heavy atom. The number of carboxylic acid groups (broad SMARTS) is 1. The van der Waals surface area contributed by atoms with Gasteiger partial charge in [0.25, 0.3) is 0 Å². The monoisotopic (exact) mass is 353 g/mol. The molecule has 142 valence electrons. The van der Waals surface area contributed by atoms with E-state index >= 15 is 0 Å². The molecule has 0 saturated carbocycles. The molecule has 0 unspecified atom stereocenters. The molecule has 0 aromatic heterocycles. The Morgan fingerprint density at radius 1 is 0.833 bits per heavy atom. The summed E-state index contributed by atoms with van der Waals surface area (Å²) >= 11 is 0. The van der Waals surface area contributed by atoms with Crippen molar-refractivity contribution in [2.24, 2.45) is 0 Å². The van der Waals surface area contributed by atoms with E-state index in [-0.39, 0.29) is 45.0 Å². The van der Waals surface area contributed by atoms with Crippen molar-refractivity contribution in [3.8, 4) is 0 Å². The average molecular weight is 353 g/mol. The van der Waals surface area contributed by atoms with Gasteiger partial charge in [-0.1, -0.05) is 6.58 Å². The zero-order valence-electron chi connectivity index (χ0n) is 13.6. The Morgan fingerprint density at radius 3 is 1.17 bits per heavy atom. The summed E-state index contributed by atoms with van der Waals surface area (Å²) in [6.45, 7) is 3.69. The second-order valence-electron chi connectivity index (χ2n) is 5.01. The second kappa shape index (κ2) is 11.4. The fourth-order valence-corrected chi connectivity index (χ4v) is 1.97. The topological polar surface area (TPSA) is 168 Å². The Bertz CT molecular complexity index is 335. The van der Waals surface area contributed by atoms with Crippen LogP contribution in [0.25, 0.3) is 0 Å². The molecule has 7 N–H and O–H groups in total. The number of carboxylic acids is 1. The van der Waals surface area contributed by atoms with Gasteiger partial charge < -0.3 is 35.7 Å². The van der Waals surface area contributed by atoms with Crippen LogP contribution in [0, 0.1) is 0 Å². The number of hydrogen-bond donors (Lipinski definition) is 7. The molecule has 0 amide bonds. The zero-order chi connectivity index (χ0) is 18.9. The van der Waals surface area contributed by atoms with Crippen molar-refractivity contribution < 1.29 is 40.5 Å². The van der Waals surface area contributed by atoms with Gasteiger partial charge in [-0.3, -0.25) is 0 Å². The van der Waals surface area contributed by atoms with Crippen molar-refractivity contribution >= 4 is 5.97 Å². The van der Waals surface area contributed by atoms with Gasteiger partial charge in [0.1, 0.15) is 0 Å². The molecule has 0 bridgehead atoms. The molecule has 1 rings (SSSR count). The fraction of sp³-hybridized carbons (Fsp3) is 0.769. The van der Waals surface area contributed by atoms with Crippen molar-refractivity contribution in [3.05, 3.63) is 12.2 Å². The molecule has 24 heavy (non-hydrogen) atoms. The van der Waals surface area contributed by atoms with E-state index in [1.807, 2.05) is 0 Å². The third-order valence-corrected chi connectivity index (χ3v) is 3.22. The summed E-state index contributed by atoms with van der Waals surface area (Å²) < 4.78 is 0. The van der Waals surface area contributed by atoms with Crippen LogP contribution < -0.4 is 0 Å². The molecule has 0 aromatic carbocycles. The summed E-state index contributed by atoms with van der Waals surface area (Å²) in [6, 6.07) is 0. The normalized spacial score (nSPS) is 25.9. The largest absolute Gasteiger partial charge is 0.478 e. The molecule has 1 aliphatic rings. The summed E-state index contributed by atoms with van der Waals surface area (Å²) in [5.41, 5.74) is 0.176. The SMILES string of the molecule is C=C(C)C(=O)O.OCCN1C(O)N(CCO)C(O)N(CCO)C1O. The maximum atomic E-state index is 9.94. The van der Waals surface area contributed by atoms with Gasteiger partial charge in [-0.05, 0) is 6.92 Å². The van der Waals surface area contributed by atoms with Crippen molar-refractivity contribution in [2.45, 2.75) is 26.0 Å². The number of β-amino-alcohol motifs (C(OH)–C–C–N with tert-alkyl or cyclic N) is 3. The van der Waals surface area contributed by atoms with Crippen LogP contribution in [0.1, 0.15) is 6.92 Å². The first-order valence-corrected chi connectivity index (χ1v) is 7.25. The highest BCUT2D eigenvalue weighted by atomic mass is 16.4. The van der Waals surface area contributed by atoms with Crippen molar-refractivity contribution in [1.82, 2.24) is 14.7 Å². The highest BCUT2D eigenvalue weighted by Crippen LogP contribution is 2.21. The predicted octanol–water partition coefficient (Wildman–Crippen LogP) is -3.64. The maximum Gasteiger partial charge on any atom is 0.330 e. The Kier molecular flexibility index (Phi) is 10.9. The first-order chi connectivity index (χ1) is 11.2. The quantitative estimate of drug-likeness (QED) is 0.225. The van der Waals surface area contributed by atoms with Gasteiger partial charge in [0, 0.05) is 25.2 Å². The van der Waals surface area contributed by atoms with E-state index in [0.717, 1.165) is 14.7 Å². The third kappa shape index (κ3) is 6.39. The molecule has 11 nitrogen and oxygen atoms in total. The molecule has 0 atom stereocenters. The lowest BCUT2D eigenvalue weighted by molar-refractivity contribution is -0.341. The van der Waals surface area contributed by atoms with Gasteiger partial charge in [-0.2, -0.15) is 0 Å². The van der Waals surface area contributed by atoms with E-state index in [1.165, 1.54) is 6.92 Å². The van der Waals surface area contributed by atoms with Gasteiger partial charge in [-0.15, -0.1) is 0 Å². The van der Waals surface area contributed by atoms with Crippen LogP contribution >= 0.6 is 0 Å². The standard InChI is InChI=1S/C9H21N3O6.C4H6O2/c13-4-1-10-7(16)11(2-5-14)9(18)12(3-6-15)8(10)17;1-3(2)4(5)6/h7-9,13-18H,1-6H2;1H2,2H3,(H,5,6). The van der Waals surface area contributed by atoms with Crippen LogP contribution in [-0.2, 0) is 4.79 Å². The van der Waals surface area contributed by atoms with Gasteiger partial charge in [0.05, 0.1) is 19.8 Å². The van der Waals surface area contributed by atoms with E-state index in [4.69, 9.17) is 20.4 Å². The summed E-state index contributed by atoms with van der Waals surface area (Å²) in [4.78, 5) is 13.0. The lowest BCUT2D eigenvalue weighted by Gasteiger charge is -2.51. The predicted molar refractivity (Wildman–Crippen MR) is 81.8 cm³/mol. The average Bonchev–Trinajstić information content (AvgIpc) is 2.53. The van der Waals surface area contributed by atoms with Gasteiger partial charge in [-0.25, -0.2) is 19.5 Å². The van der Waals surface area contributed by atoms with Gasteiger partial charge in [0.15, 0.2) is 19.1 Å². The Labute approximate surface area is 139 Å². The van der Waals surface area contributed by atoms with Crippen LogP contribution in [0.3, 0.4) is 0 Å². The van der Waals surface area contributed by atoms with E-state index in [1.54, 1.807) is 0 Å². The summed E-state index contributed by atoms with van der Waals surface area (Å²) in [6.07, 6.45) is -3.99. The van der Waals surface area contributed by atoms with Crippen LogP contribution in [-0.4, -0.2) is 115 Å². The summed E-state index contributed by atoms with van der Waals surface area (Å²) in [5.74, 6) is -0.935. The van der Waals surface area contributed by atoms with Gasteiger partial charge in [0.2, 0.25) is 0 Å². The third-order valence-electron chi connectivity index (χ3n) is 3.22. The number of rotatable bonds is 7. The Balaban J connectivity index is 0.000000754. The van der Waals surface area contributed by atoms with Crippen molar-refractivity contribution in [2.75, 3.05) is 39.5 Å². The number of aliphatic carboxylic acids is 1. The van der Waals surface area contributed by atoms with E-state index in [0.29, 0.717) is 0 Å². The lowest BCUT2D eigenvalue weighted by atomic mass is 10.3. The van der Waals surface area contributed by atoms with Crippen LogP contribution in [0.2, 0.25) is 0 Å². The number of hydrogen-bond acceptors (Lipinski definition) is 10. The van der Waals surface area contributed by atoms with Crippen LogP contribution in [0.15, 0.2) is 12.2 Å². The van der Waals surface area contributed by atoms with Crippen molar-refractivity contribution in [1.29, 1.82) is 0 Å². The molecule has 0 aliphatic carbocycles. The smallest absolute Gasteiger partial charge is 0.330 e. The highest BCUT2D eigenvalue weighted by Gasteiger charge is 2.43.